The van der Waals surface area contributed by atoms with Crippen LogP contribution in [0.25, 0.3) is 0 Å². The van der Waals surface area contributed by atoms with Crippen molar-refractivity contribution >= 4 is 21.6 Å². The van der Waals surface area contributed by atoms with Crippen molar-refractivity contribution in [2.45, 2.75) is 6.54 Å². The molecule has 0 aliphatic heterocycles. The normalized spacial score (nSPS) is 10.9. The van der Waals surface area contributed by atoms with E-state index < -0.39 is 10.0 Å². The van der Waals surface area contributed by atoms with Crippen LogP contribution < -0.4 is 18.5 Å². The summed E-state index contributed by atoms with van der Waals surface area (Å²) in [5.74, 6) is 1.15. The van der Waals surface area contributed by atoms with Crippen LogP contribution in [0.1, 0.15) is 5.56 Å². The van der Waals surface area contributed by atoms with Gasteiger partial charge in [0.15, 0.2) is 11.5 Å². The predicted molar refractivity (Wildman–Crippen MR) is 111 cm³/mol. The summed E-state index contributed by atoms with van der Waals surface area (Å²) in [5, 5.41) is 0. The van der Waals surface area contributed by atoms with Crippen LogP contribution in [0.3, 0.4) is 0 Å². The molecule has 0 bridgehead atoms. The first-order valence-electron chi connectivity index (χ1n) is 8.76. The predicted octanol–water partition coefficient (Wildman–Crippen LogP) is 2.14. The summed E-state index contributed by atoms with van der Waals surface area (Å²) < 4.78 is 41.5. The summed E-state index contributed by atoms with van der Waals surface area (Å²) in [7, 11) is 2.44. The molecule has 29 heavy (non-hydrogen) atoms. The summed E-state index contributed by atoms with van der Waals surface area (Å²) in [6, 6.07) is 12.0. The Labute approximate surface area is 171 Å². The average Bonchev–Trinajstić information content (AvgIpc) is 2.70. The van der Waals surface area contributed by atoms with E-state index in [1.807, 2.05) is 6.07 Å². The third-order valence-corrected chi connectivity index (χ3v) is 5.45. The third-order valence-electron chi connectivity index (χ3n) is 4.33. The Balaban J connectivity index is 2.21. The molecule has 0 heterocycles. The average molecular weight is 423 g/mol. The van der Waals surface area contributed by atoms with E-state index in [9.17, 15) is 13.2 Å². The van der Waals surface area contributed by atoms with E-state index in [0.717, 1.165) is 16.1 Å². The Morgan fingerprint density at radius 3 is 2.14 bits per heavy atom. The minimum atomic E-state index is -3.70. The van der Waals surface area contributed by atoms with Gasteiger partial charge in [-0.05, 0) is 29.8 Å². The number of para-hydroxylation sites is 2. The van der Waals surface area contributed by atoms with Gasteiger partial charge in [-0.1, -0.05) is 18.2 Å². The van der Waals surface area contributed by atoms with Gasteiger partial charge in [0, 0.05) is 13.6 Å². The quantitative estimate of drug-likeness (QED) is 0.616. The van der Waals surface area contributed by atoms with Gasteiger partial charge in [-0.25, -0.2) is 8.42 Å². The molecule has 2 rings (SSSR count). The second-order valence-corrected chi connectivity index (χ2v) is 8.29. The molecule has 0 saturated heterocycles. The highest BCUT2D eigenvalue weighted by atomic mass is 32.2. The van der Waals surface area contributed by atoms with E-state index in [1.165, 1.54) is 19.1 Å². The molecule has 2 aromatic rings. The van der Waals surface area contributed by atoms with Crippen LogP contribution in [0, 0.1) is 0 Å². The highest BCUT2D eigenvalue weighted by Crippen LogP contribution is 2.30. The first-order valence-corrected chi connectivity index (χ1v) is 10.6. The van der Waals surface area contributed by atoms with E-state index in [1.54, 1.807) is 50.6 Å². The van der Waals surface area contributed by atoms with Gasteiger partial charge in [-0.3, -0.25) is 9.10 Å². The van der Waals surface area contributed by atoms with Crippen LogP contribution in [0.15, 0.2) is 42.5 Å². The lowest BCUT2D eigenvalue weighted by Gasteiger charge is -2.26. The van der Waals surface area contributed by atoms with E-state index >= 15 is 0 Å². The smallest absolute Gasteiger partial charge is 0.243 e. The van der Waals surface area contributed by atoms with Crippen LogP contribution in [0.2, 0.25) is 0 Å². The van der Waals surface area contributed by atoms with E-state index in [4.69, 9.17) is 14.2 Å². The van der Waals surface area contributed by atoms with Crippen molar-refractivity contribution in [2.24, 2.45) is 0 Å². The molecule has 8 nitrogen and oxygen atoms in total. The summed E-state index contributed by atoms with van der Waals surface area (Å²) in [6.45, 7) is -0.0638. The second-order valence-electron chi connectivity index (χ2n) is 6.38. The monoisotopic (exact) mass is 422 g/mol. The summed E-state index contributed by atoms with van der Waals surface area (Å²) in [4.78, 5) is 14.2. The van der Waals surface area contributed by atoms with Crippen molar-refractivity contribution < 1.29 is 27.4 Å². The van der Waals surface area contributed by atoms with E-state index in [2.05, 4.69) is 0 Å². The molecule has 0 N–H and O–H groups in total. The van der Waals surface area contributed by atoms with Gasteiger partial charge in [0.2, 0.25) is 15.9 Å². The van der Waals surface area contributed by atoms with E-state index in [0.29, 0.717) is 22.9 Å². The van der Waals surface area contributed by atoms with Crippen molar-refractivity contribution in [3.05, 3.63) is 48.0 Å². The lowest BCUT2D eigenvalue weighted by molar-refractivity contribution is -0.128. The Bertz CT molecular complexity index is 961. The molecule has 0 aliphatic rings. The molecule has 1 amide bonds. The van der Waals surface area contributed by atoms with Gasteiger partial charge < -0.3 is 19.1 Å². The molecule has 0 atom stereocenters. The van der Waals surface area contributed by atoms with Crippen LogP contribution in [-0.4, -0.2) is 60.4 Å². The van der Waals surface area contributed by atoms with Gasteiger partial charge in [0.25, 0.3) is 0 Å². The maximum Gasteiger partial charge on any atom is 0.243 e. The number of nitrogens with zero attached hydrogens (tertiary/aromatic N) is 2. The van der Waals surface area contributed by atoms with Crippen LogP contribution >= 0.6 is 0 Å². The number of likely N-dealkylation sites (N-methyl/N-ethyl adjacent to an activating group) is 1. The molecular weight excluding hydrogens is 396 g/mol. The lowest BCUT2D eigenvalue weighted by Crippen LogP contribution is -2.41. The number of anilines is 1. The molecular formula is C20H26N2O6S. The van der Waals surface area contributed by atoms with Crippen molar-refractivity contribution in [1.29, 1.82) is 0 Å². The zero-order valence-electron chi connectivity index (χ0n) is 17.2. The van der Waals surface area contributed by atoms with Crippen molar-refractivity contribution in [2.75, 3.05) is 45.5 Å². The first kappa shape index (κ1) is 22.4. The van der Waals surface area contributed by atoms with Gasteiger partial charge in [0.05, 0.1) is 33.3 Å². The zero-order chi connectivity index (χ0) is 21.6. The number of rotatable bonds is 9. The molecule has 0 spiro atoms. The van der Waals surface area contributed by atoms with Crippen molar-refractivity contribution in [3.63, 3.8) is 0 Å². The van der Waals surface area contributed by atoms with Crippen LogP contribution in [0.4, 0.5) is 5.69 Å². The van der Waals surface area contributed by atoms with Gasteiger partial charge in [-0.15, -0.1) is 0 Å². The largest absolute Gasteiger partial charge is 0.495 e. The number of methoxy groups -OCH3 is 3. The minimum Gasteiger partial charge on any atom is -0.495 e. The SMILES string of the molecule is COc1ccc(CN(C)C(=O)CN(c2ccccc2OC)S(C)(=O)=O)cc1OC. The first-order chi connectivity index (χ1) is 13.7. The zero-order valence-corrected chi connectivity index (χ0v) is 18.0. The number of ether oxygens (including phenoxy) is 3. The second kappa shape index (κ2) is 9.51. The molecule has 2 aromatic carbocycles. The fourth-order valence-corrected chi connectivity index (χ4v) is 3.65. The summed E-state index contributed by atoms with van der Waals surface area (Å²) >= 11 is 0. The standard InChI is InChI=1S/C20H26N2O6S/c1-21(13-15-10-11-18(27-3)19(12-15)28-4)20(23)14-22(29(5,24)25)16-8-6-7-9-17(16)26-2/h6-12H,13-14H2,1-5H3. The molecule has 0 fully saturated rings. The fraction of sp³-hybridized carbons (Fsp3) is 0.350. The van der Waals surface area contributed by atoms with Crippen LogP contribution in [-0.2, 0) is 21.4 Å². The Morgan fingerprint density at radius 2 is 1.55 bits per heavy atom. The van der Waals surface area contributed by atoms with Gasteiger partial charge in [-0.2, -0.15) is 0 Å². The number of hydrogen-bond donors (Lipinski definition) is 0. The third kappa shape index (κ3) is 5.54. The Hall–Kier alpha value is -2.94. The van der Waals surface area contributed by atoms with Crippen molar-refractivity contribution in [3.8, 4) is 17.2 Å². The Morgan fingerprint density at radius 1 is 0.931 bits per heavy atom. The van der Waals surface area contributed by atoms with Gasteiger partial charge >= 0.3 is 0 Å². The number of benzene rings is 2. The molecule has 0 radical (unpaired) electrons. The number of sulfonamides is 1. The molecule has 0 aromatic heterocycles. The topological polar surface area (TPSA) is 85.4 Å². The molecule has 158 valence electrons. The highest BCUT2D eigenvalue weighted by molar-refractivity contribution is 7.92. The number of hydrogen-bond acceptors (Lipinski definition) is 6. The Kier molecular flexibility index (Phi) is 7.33. The molecule has 0 unspecified atom stereocenters. The van der Waals surface area contributed by atoms with E-state index in [-0.39, 0.29) is 19.0 Å². The number of carbonyl (C=O) groups excluding carboxylic acids is 1. The molecule has 0 saturated carbocycles. The van der Waals surface area contributed by atoms with Crippen LogP contribution in [0.5, 0.6) is 17.2 Å². The fourth-order valence-electron chi connectivity index (χ4n) is 2.80. The molecule has 0 aliphatic carbocycles. The maximum atomic E-state index is 12.8. The summed E-state index contributed by atoms with van der Waals surface area (Å²) in [6.07, 6.45) is 1.06. The van der Waals surface area contributed by atoms with Crippen molar-refractivity contribution in [1.82, 2.24) is 4.90 Å². The maximum absolute atomic E-state index is 12.8. The highest BCUT2D eigenvalue weighted by Gasteiger charge is 2.25. The number of amides is 1. The lowest BCUT2D eigenvalue weighted by atomic mass is 10.2. The number of carbonyl (C=O) groups is 1. The molecule has 9 heteroatoms. The summed E-state index contributed by atoms with van der Waals surface area (Å²) in [5.41, 5.74) is 1.13. The minimum absolute atomic E-state index is 0.280. The van der Waals surface area contributed by atoms with Gasteiger partial charge in [0.1, 0.15) is 12.3 Å².